The summed E-state index contributed by atoms with van der Waals surface area (Å²) in [6, 6.07) is 9.05. The molecule has 2 atom stereocenters. The molecule has 0 aromatic heterocycles. The van der Waals surface area contributed by atoms with Crippen LogP contribution in [0.1, 0.15) is 22.0 Å². The molecule has 1 heterocycles. The smallest absolute Gasteiger partial charge is 0.339 e. The van der Waals surface area contributed by atoms with Crippen LogP contribution in [-0.2, 0) is 9.57 Å². The Morgan fingerprint density at radius 2 is 2.35 bits per heavy atom. The van der Waals surface area contributed by atoms with Gasteiger partial charge >= 0.3 is 5.97 Å². The lowest BCUT2D eigenvalue weighted by atomic mass is 9.96. The van der Waals surface area contributed by atoms with Crippen LogP contribution in [0.4, 0.5) is 0 Å². The molecule has 1 aliphatic heterocycles. The minimum Gasteiger partial charge on any atom is -0.452 e. The third kappa shape index (κ3) is 1.97. The molecule has 0 saturated heterocycles. The normalized spacial score (nSPS) is 19.5. The lowest BCUT2D eigenvalue weighted by molar-refractivity contribution is 0.0353. The number of rotatable bonds is 3. The molecule has 5 heteroatoms. The molecule has 0 unspecified atom stereocenters. The van der Waals surface area contributed by atoms with Crippen LogP contribution in [0, 0.1) is 17.2 Å². The molecule has 86 valence electrons. The molecule has 0 radical (unpaired) electrons. The number of benzene rings is 1. The lowest BCUT2D eigenvalue weighted by Gasteiger charge is -2.12. The number of carbonyl (C=O) groups is 1. The van der Waals surface area contributed by atoms with Gasteiger partial charge in [0.25, 0.3) is 0 Å². The van der Waals surface area contributed by atoms with Crippen molar-refractivity contribution in [3.8, 4) is 6.07 Å². The van der Waals surface area contributed by atoms with Crippen molar-refractivity contribution in [3.05, 3.63) is 35.4 Å². The number of oxime groups is 1. The Hall–Kier alpha value is -2.35. The molecule has 1 aliphatic rings. The van der Waals surface area contributed by atoms with Crippen molar-refractivity contribution >= 4 is 12.2 Å². The van der Waals surface area contributed by atoms with Crippen LogP contribution in [0.15, 0.2) is 29.4 Å². The lowest BCUT2D eigenvalue weighted by Crippen LogP contribution is -2.12. The summed E-state index contributed by atoms with van der Waals surface area (Å²) in [5.74, 6) is -1.06. The topological polar surface area (TPSA) is 71.7 Å². The minimum absolute atomic E-state index is 0.406. The predicted octanol–water partition coefficient (Wildman–Crippen LogP) is 1.67. The Kier molecular flexibility index (Phi) is 3.06. The van der Waals surface area contributed by atoms with Crippen LogP contribution >= 0.6 is 0 Å². The van der Waals surface area contributed by atoms with E-state index in [0.29, 0.717) is 11.1 Å². The SMILES string of the molecule is CO/N=C\[C@H](C#N)[C@@H]1OC(=O)c2ccccc21. The molecule has 1 aromatic carbocycles. The fourth-order valence-electron chi connectivity index (χ4n) is 1.75. The number of fused-ring (bicyclic) bond motifs is 1. The first kappa shape index (κ1) is 11.1. The number of carbonyl (C=O) groups excluding carboxylic acids is 1. The molecule has 0 spiro atoms. The molecular weight excluding hydrogens is 220 g/mol. The number of nitrogens with zero attached hydrogens (tertiary/aromatic N) is 2. The largest absolute Gasteiger partial charge is 0.452 e. The molecule has 0 fully saturated rings. The summed E-state index contributed by atoms with van der Waals surface area (Å²) in [6.07, 6.45) is 0.725. The number of esters is 1. The van der Waals surface area contributed by atoms with Crippen LogP contribution < -0.4 is 0 Å². The predicted molar refractivity (Wildman–Crippen MR) is 59.2 cm³/mol. The zero-order chi connectivity index (χ0) is 12.3. The van der Waals surface area contributed by atoms with E-state index in [4.69, 9.17) is 10.00 Å². The average Bonchev–Trinajstić information content (AvgIpc) is 2.69. The fourth-order valence-corrected chi connectivity index (χ4v) is 1.75. The van der Waals surface area contributed by atoms with Gasteiger partial charge in [-0.15, -0.1) is 0 Å². The first-order chi connectivity index (χ1) is 8.27. The summed E-state index contributed by atoms with van der Waals surface area (Å²) in [4.78, 5) is 16.1. The number of ether oxygens (including phenoxy) is 1. The maximum Gasteiger partial charge on any atom is 0.339 e. The van der Waals surface area contributed by atoms with Gasteiger partial charge < -0.3 is 9.57 Å². The van der Waals surface area contributed by atoms with Crippen LogP contribution in [0.25, 0.3) is 0 Å². The fraction of sp³-hybridized carbons (Fsp3) is 0.250. The third-order valence-corrected chi connectivity index (χ3v) is 2.52. The minimum atomic E-state index is -0.650. The van der Waals surface area contributed by atoms with Crippen molar-refractivity contribution in [1.82, 2.24) is 0 Å². The van der Waals surface area contributed by atoms with Gasteiger partial charge in [0.05, 0.1) is 17.8 Å². The van der Waals surface area contributed by atoms with Gasteiger partial charge in [-0.1, -0.05) is 23.4 Å². The number of nitriles is 1. The monoisotopic (exact) mass is 230 g/mol. The Morgan fingerprint density at radius 3 is 3.06 bits per heavy atom. The van der Waals surface area contributed by atoms with Crippen molar-refractivity contribution in [2.24, 2.45) is 11.1 Å². The van der Waals surface area contributed by atoms with E-state index >= 15 is 0 Å². The van der Waals surface area contributed by atoms with Crippen LogP contribution in [0.2, 0.25) is 0 Å². The van der Waals surface area contributed by atoms with Crippen LogP contribution in [-0.4, -0.2) is 19.3 Å². The van der Waals surface area contributed by atoms with Gasteiger partial charge in [-0.2, -0.15) is 5.26 Å². The number of hydrogen-bond donors (Lipinski definition) is 0. The molecule has 5 nitrogen and oxygen atoms in total. The summed E-state index contributed by atoms with van der Waals surface area (Å²) in [5.41, 5.74) is 1.22. The first-order valence-corrected chi connectivity index (χ1v) is 5.04. The van der Waals surface area contributed by atoms with Crippen molar-refractivity contribution in [1.29, 1.82) is 5.26 Å². The molecular formula is C12H10N2O3. The quantitative estimate of drug-likeness (QED) is 0.450. The van der Waals surface area contributed by atoms with E-state index in [1.165, 1.54) is 13.3 Å². The Morgan fingerprint density at radius 1 is 1.59 bits per heavy atom. The van der Waals surface area contributed by atoms with Crippen molar-refractivity contribution in [2.75, 3.05) is 7.11 Å². The maximum absolute atomic E-state index is 11.6. The van der Waals surface area contributed by atoms with Gasteiger partial charge in [0, 0.05) is 5.56 Å². The molecule has 0 saturated carbocycles. The van der Waals surface area contributed by atoms with Gasteiger partial charge in [-0.05, 0) is 6.07 Å². The van der Waals surface area contributed by atoms with E-state index in [0.717, 1.165) is 0 Å². The first-order valence-electron chi connectivity index (χ1n) is 5.04. The highest BCUT2D eigenvalue weighted by Crippen LogP contribution is 2.34. The van der Waals surface area contributed by atoms with Crippen molar-refractivity contribution in [2.45, 2.75) is 6.10 Å². The van der Waals surface area contributed by atoms with Gasteiger partial charge in [0.1, 0.15) is 19.1 Å². The molecule has 0 aliphatic carbocycles. The highest BCUT2D eigenvalue weighted by atomic mass is 16.6. The summed E-state index contributed by atoms with van der Waals surface area (Å²) in [5, 5.41) is 12.6. The van der Waals surface area contributed by atoms with E-state index < -0.39 is 18.0 Å². The van der Waals surface area contributed by atoms with E-state index in [-0.39, 0.29) is 0 Å². The second-order valence-electron chi connectivity index (χ2n) is 3.51. The Bertz CT molecular complexity index is 505. The molecule has 0 bridgehead atoms. The van der Waals surface area contributed by atoms with Gasteiger partial charge in [0.2, 0.25) is 0 Å². The molecule has 1 aromatic rings. The van der Waals surface area contributed by atoms with E-state index in [2.05, 4.69) is 9.99 Å². The summed E-state index contributed by atoms with van der Waals surface area (Å²) in [7, 11) is 1.39. The highest BCUT2D eigenvalue weighted by molar-refractivity contribution is 5.94. The molecule has 2 rings (SSSR count). The zero-order valence-electron chi connectivity index (χ0n) is 9.16. The Balaban J connectivity index is 2.33. The highest BCUT2D eigenvalue weighted by Gasteiger charge is 2.35. The van der Waals surface area contributed by atoms with E-state index in [9.17, 15) is 4.79 Å². The van der Waals surface area contributed by atoms with Crippen LogP contribution in [0.3, 0.4) is 0 Å². The van der Waals surface area contributed by atoms with Gasteiger partial charge in [-0.25, -0.2) is 4.79 Å². The van der Waals surface area contributed by atoms with Crippen molar-refractivity contribution < 1.29 is 14.4 Å². The standard InChI is InChI=1S/C12H10N2O3/c1-16-14-7-8(6-13)11-9-4-2-3-5-10(9)12(15)17-11/h2-5,7-8,11H,1H3/b14-7-/t8-,11-/m0/s1. The van der Waals surface area contributed by atoms with Crippen LogP contribution in [0.5, 0.6) is 0 Å². The van der Waals surface area contributed by atoms with Gasteiger partial charge in [-0.3, -0.25) is 0 Å². The molecule has 0 N–H and O–H groups in total. The summed E-state index contributed by atoms with van der Waals surface area (Å²) in [6.45, 7) is 0. The number of cyclic esters (lactones) is 1. The van der Waals surface area contributed by atoms with Gasteiger partial charge in [0.15, 0.2) is 0 Å². The van der Waals surface area contributed by atoms with Crippen molar-refractivity contribution in [3.63, 3.8) is 0 Å². The number of hydrogen-bond acceptors (Lipinski definition) is 5. The Labute approximate surface area is 98.2 Å². The zero-order valence-corrected chi connectivity index (χ0v) is 9.16. The summed E-state index contributed by atoms with van der Waals surface area (Å²) >= 11 is 0. The molecule has 17 heavy (non-hydrogen) atoms. The third-order valence-electron chi connectivity index (χ3n) is 2.52. The molecule has 0 amide bonds. The summed E-state index contributed by atoms with van der Waals surface area (Å²) < 4.78 is 5.17. The maximum atomic E-state index is 11.6. The second-order valence-corrected chi connectivity index (χ2v) is 3.51. The van der Waals surface area contributed by atoms with E-state index in [1.54, 1.807) is 24.3 Å². The second kappa shape index (κ2) is 4.66. The van der Waals surface area contributed by atoms with E-state index in [1.807, 2.05) is 6.07 Å². The average molecular weight is 230 g/mol.